The molecule has 0 bridgehead atoms. The standard InChI is InChI=1S/C16H19N3O4S/c1-9-10(2)24-16-17-8-12(15(23)19(9)16)14(22)18-5-3-11(4-6-18)7-13(20)21/h8,11H,3-7H2,1-2H3,(H,20,21). The summed E-state index contributed by atoms with van der Waals surface area (Å²) < 4.78 is 1.49. The van der Waals surface area contributed by atoms with Gasteiger partial charge in [-0.15, -0.1) is 11.3 Å². The highest BCUT2D eigenvalue weighted by Crippen LogP contribution is 2.22. The van der Waals surface area contributed by atoms with Crippen LogP contribution in [0.1, 0.15) is 40.2 Å². The molecule has 0 atom stereocenters. The van der Waals surface area contributed by atoms with E-state index in [9.17, 15) is 14.4 Å². The third-order valence-corrected chi connectivity index (χ3v) is 5.69. The van der Waals surface area contributed by atoms with E-state index in [0.717, 1.165) is 10.6 Å². The predicted molar refractivity (Wildman–Crippen MR) is 89.7 cm³/mol. The molecule has 0 radical (unpaired) electrons. The zero-order chi connectivity index (χ0) is 17.4. The van der Waals surface area contributed by atoms with Gasteiger partial charge in [0.25, 0.3) is 11.5 Å². The zero-order valence-corrected chi connectivity index (χ0v) is 14.4. The number of aliphatic carboxylic acids is 1. The highest BCUT2D eigenvalue weighted by Gasteiger charge is 2.27. The maximum absolute atomic E-state index is 12.7. The first-order valence-corrected chi connectivity index (χ1v) is 8.69. The Morgan fingerprint density at radius 3 is 2.62 bits per heavy atom. The van der Waals surface area contributed by atoms with Crippen molar-refractivity contribution in [3.05, 3.63) is 32.7 Å². The summed E-state index contributed by atoms with van der Waals surface area (Å²) in [4.78, 5) is 43.6. The van der Waals surface area contributed by atoms with Crippen LogP contribution >= 0.6 is 11.3 Å². The number of nitrogens with zero attached hydrogens (tertiary/aromatic N) is 3. The van der Waals surface area contributed by atoms with E-state index in [-0.39, 0.29) is 29.4 Å². The molecule has 7 nitrogen and oxygen atoms in total. The molecule has 3 rings (SSSR count). The SMILES string of the molecule is Cc1sc2ncc(C(=O)N3CCC(CC(=O)O)CC3)c(=O)n2c1C. The topological polar surface area (TPSA) is 92.0 Å². The van der Waals surface area contributed by atoms with Gasteiger partial charge in [0.05, 0.1) is 0 Å². The Bertz CT molecular complexity index is 862. The molecule has 128 valence electrons. The van der Waals surface area contributed by atoms with Gasteiger partial charge in [0.2, 0.25) is 0 Å². The van der Waals surface area contributed by atoms with E-state index in [0.29, 0.717) is 30.9 Å². The normalized spacial score (nSPS) is 15.8. The molecule has 1 aliphatic heterocycles. The number of hydrogen-bond acceptors (Lipinski definition) is 5. The molecular formula is C16H19N3O4S. The molecule has 0 saturated carbocycles. The van der Waals surface area contributed by atoms with Gasteiger partial charge in [0.1, 0.15) is 5.56 Å². The Morgan fingerprint density at radius 2 is 2.00 bits per heavy atom. The number of carboxylic acid groups (broad SMARTS) is 1. The largest absolute Gasteiger partial charge is 0.481 e. The quantitative estimate of drug-likeness (QED) is 0.910. The first-order valence-electron chi connectivity index (χ1n) is 7.87. The molecule has 0 aromatic carbocycles. The third-order valence-electron chi connectivity index (χ3n) is 4.61. The van der Waals surface area contributed by atoms with Crippen LogP contribution in [0.5, 0.6) is 0 Å². The fourth-order valence-corrected chi connectivity index (χ4v) is 4.01. The number of likely N-dealkylation sites (tertiary alicyclic amines) is 1. The molecule has 1 amide bonds. The summed E-state index contributed by atoms with van der Waals surface area (Å²) in [6.45, 7) is 4.71. The maximum Gasteiger partial charge on any atom is 0.303 e. The lowest BCUT2D eigenvalue weighted by Crippen LogP contribution is -2.41. The highest BCUT2D eigenvalue weighted by molar-refractivity contribution is 7.17. The highest BCUT2D eigenvalue weighted by atomic mass is 32.1. The van der Waals surface area contributed by atoms with Crippen LogP contribution in [0.3, 0.4) is 0 Å². The second-order valence-electron chi connectivity index (χ2n) is 6.17. The molecule has 1 saturated heterocycles. The molecular weight excluding hydrogens is 330 g/mol. The Labute approximate surface area is 142 Å². The number of carboxylic acids is 1. The van der Waals surface area contributed by atoms with Crippen LogP contribution in [0.25, 0.3) is 4.96 Å². The van der Waals surface area contributed by atoms with E-state index >= 15 is 0 Å². The lowest BCUT2D eigenvalue weighted by Gasteiger charge is -2.31. The van der Waals surface area contributed by atoms with Crippen molar-refractivity contribution in [1.29, 1.82) is 0 Å². The second-order valence-corrected chi connectivity index (χ2v) is 7.35. The van der Waals surface area contributed by atoms with Gasteiger partial charge in [-0.1, -0.05) is 0 Å². The van der Waals surface area contributed by atoms with Gasteiger partial charge in [0.15, 0.2) is 4.96 Å². The van der Waals surface area contributed by atoms with Crippen molar-refractivity contribution in [3.8, 4) is 0 Å². The van der Waals surface area contributed by atoms with Gasteiger partial charge in [-0.05, 0) is 32.6 Å². The van der Waals surface area contributed by atoms with Gasteiger partial charge in [0, 0.05) is 36.3 Å². The summed E-state index contributed by atoms with van der Waals surface area (Å²) in [6, 6.07) is 0. The van der Waals surface area contributed by atoms with Crippen molar-refractivity contribution in [1.82, 2.24) is 14.3 Å². The first-order chi connectivity index (χ1) is 11.4. The van der Waals surface area contributed by atoms with Crippen LogP contribution < -0.4 is 5.56 Å². The summed E-state index contributed by atoms with van der Waals surface area (Å²) in [6.07, 6.45) is 2.78. The summed E-state index contributed by atoms with van der Waals surface area (Å²) in [5.74, 6) is -1.04. The molecule has 0 spiro atoms. The van der Waals surface area contributed by atoms with Crippen LogP contribution in [0.4, 0.5) is 0 Å². The van der Waals surface area contributed by atoms with Crippen molar-refractivity contribution in [3.63, 3.8) is 0 Å². The Hall–Kier alpha value is -2.22. The van der Waals surface area contributed by atoms with E-state index in [2.05, 4.69) is 4.98 Å². The lowest BCUT2D eigenvalue weighted by atomic mass is 9.93. The number of fused-ring (bicyclic) bond motifs is 1. The number of carbonyl (C=O) groups is 2. The number of aromatic nitrogens is 2. The van der Waals surface area contributed by atoms with Gasteiger partial charge in [-0.3, -0.25) is 18.8 Å². The monoisotopic (exact) mass is 349 g/mol. The van der Waals surface area contributed by atoms with Crippen LogP contribution in [-0.2, 0) is 4.79 Å². The van der Waals surface area contributed by atoms with Crippen LogP contribution in [-0.4, -0.2) is 44.4 Å². The van der Waals surface area contributed by atoms with Gasteiger partial charge < -0.3 is 10.0 Å². The Balaban J connectivity index is 1.82. The molecule has 24 heavy (non-hydrogen) atoms. The summed E-state index contributed by atoms with van der Waals surface area (Å²) in [5.41, 5.74) is 0.548. The second kappa shape index (κ2) is 6.35. The number of aryl methyl sites for hydroxylation is 2. The summed E-state index contributed by atoms with van der Waals surface area (Å²) >= 11 is 1.43. The summed E-state index contributed by atoms with van der Waals surface area (Å²) in [7, 11) is 0. The molecule has 1 N–H and O–H groups in total. The fraction of sp³-hybridized carbons (Fsp3) is 0.500. The zero-order valence-electron chi connectivity index (χ0n) is 13.6. The van der Waals surface area contributed by atoms with Crippen molar-refractivity contribution in [2.24, 2.45) is 5.92 Å². The van der Waals surface area contributed by atoms with Crippen LogP contribution in [0, 0.1) is 19.8 Å². The van der Waals surface area contributed by atoms with Gasteiger partial charge in [-0.25, -0.2) is 4.98 Å². The van der Waals surface area contributed by atoms with Crippen molar-refractivity contribution in [2.75, 3.05) is 13.1 Å². The van der Waals surface area contributed by atoms with Crippen molar-refractivity contribution >= 4 is 28.2 Å². The number of amides is 1. The fourth-order valence-electron chi connectivity index (χ4n) is 3.08. The average Bonchev–Trinajstić information content (AvgIpc) is 2.83. The number of rotatable bonds is 3. The van der Waals surface area contributed by atoms with Gasteiger partial charge in [-0.2, -0.15) is 0 Å². The van der Waals surface area contributed by atoms with Crippen molar-refractivity contribution in [2.45, 2.75) is 33.1 Å². The minimum atomic E-state index is -0.809. The molecule has 2 aromatic rings. The first kappa shape index (κ1) is 16.6. The minimum absolute atomic E-state index is 0.0742. The van der Waals surface area contributed by atoms with E-state index in [1.165, 1.54) is 21.9 Å². The van der Waals surface area contributed by atoms with E-state index in [1.54, 1.807) is 4.90 Å². The Morgan fingerprint density at radius 1 is 1.33 bits per heavy atom. The van der Waals surface area contributed by atoms with E-state index in [1.807, 2.05) is 13.8 Å². The van der Waals surface area contributed by atoms with E-state index in [4.69, 9.17) is 5.11 Å². The molecule has 2 aromatic heterocycles. The van der Waals surface area contributed by atoms with Crippen molar-refractivity contribution < 1.29 is 14.7 Å². The third kappa shape index (κ3) is 2.93. The molecule has 3 heterocycles. The van der Waals surface area contributed by atoms with Crippen LogP contribution in [0.15, 0.2) is 11.0 Å². The Kier molecular flexibility index (Phi) is 4.40. The molecule has 1 aliphatic rings. The number of carbonyl (C=O) groups excluding carboxylic acids is 1. The molecule has 0 aliphatic carbocycles. The van der Waals surface area contributed by atoms with E-state index < -0.39 is 5.97 Å². The lowest BCUT2D eigenvalue weighted by molar-refractivity contribution is -0.138. The van der Waals surface area contributed by atoms with Crippen LogP contribution in [0.2, 0.25) is 0 Å². The summed E-state index contributed by atoms with van der Waals surface area (Å²) in [5, 5.41) is 8.85. The molecule has 8 heteroatoms. The maximum atomic E-state index is 12.7. The predicted octanol–water partition coefficient (Wildman–Crippen LogP) is 1.70. The number of piperidine rings is 1. The molecule has 0 unspecified atom stereocenters. The average molecular weight is 349 g/mol. The van der Waals surface area contributed by atoms with Gasteiger partial charge >= 0.3 is 5.97 Å². The smallest absolute Gasteiger partial charge is 0.303 e. The molecule has 1 fully saturated rings. The minimum Gasteiger partial charge on any atom is -0.481 e. The number of hydrogen-bond donors (Lipinski definition) is 1. The number of thiazole rings is 1.